The number of nitriles is 1. The summed E-state index contributed by atoms with van der Waals surface area (Å²) in [4.78, 5) is 27.1. The number of halogens is 3. The number of amides is 2. The van der Waals surface area contributed by atoms with Gasteiger partial charge in [-0.1, -0.05) is 36.4 Å². The highest BCUT2D eigenvalue weighted by Crippen LogP contribution is 2.60. The van der Waals surface area contributed by atoms with Crippen molar-refractivity contribution in [2.45, 2.75) is 73.5 Å². The average Bonchev–Trinajstić information content (AvgIpc) is 3.84. The van der Waals surface area contributed by atoms with Crippen LogP contribution in [0.25, 0.3) is 11.1 Å². The lowest BCUT2D eigenvalue weighted by Crippen LogP contribution is -2.56. The number of carbonyl (C=O) groups is 2. The van der Waals surface area contributed by atoms with Crippen LogP contribution < -0.4 is 5.32 Å². The van der Waals surface area contributed by atoms with Crippen LogP contribution in [0.4, 0.5) is 13.2 Å². The molecule has 2 aromatic rings. The highest BCUT2D eigenvalue weighted by atomic mass is 32.2. The Morgan fingerprint density at radius 3 is 2.38 bits per heavy atom. The van der Waals surface area contributed by atoms with E-state index in [-0.39, 0.29) is 37.3 Å². The van der Waals surface area contributed by atoms with Crippen LogP contribution in [0.3, 0.4) is 0 Å². The molecule has 0 aromatic heterocycles. The summed E-state index contributed by atoms with van der Waals surface area (Å²) in [6, 6.07) is 12.6. The van der Waals surface area contributed by atoms with Crippen LogP contribution in [0, 0.1) is 23.7 Å². The van der Waals surface area contributed by atoms with Crippen molar-refractivity contribution in [3.8, 4) is 17.2 Å². The van der Waals surface area contributed by atoms with Gasteiger partial charge in [0.1, 0.15) is 11.0 Å². The number of aryl methyl sites for hydroxylation is 1. The summed E-state index contributed by atoms with van der Waals surface area (Å²) in [5, 5.41) is 21.0. The minimum absolute atomic E-state index is 0.0512. The van der Waals surface area contributed by atoms with Gasteiger partial charge in [-0.2, -0.15) is 18.4 Å². The average molecular weight is 576 g/mol. The van der Waals surface area contributed by atoms with Crippen molar-refractivity contribution in [2.24, 2.45) is 5.41 Å². The summed E-state index contributed by atoms with van der Waals surface area (Å²) in [6.07, 6.45) is -5.85. The molecule has 212 valence electrons. The van der Waals surface area contributed by atoms with Gasteiger partial charge in [0.15, 0.2) is 9.84 Å². The predicted octanol–water partition coefficient (Wildman–Crippen LogP) is 3.41. The first kappa shape index (κ1) is 28.3. The van der Waals surface area contributed by atoms with E-state index in [1.807, 2.05) is 18.2 Å². The number of aliphatic hydroxyl groups excluding tert-OH is 1. The SMILES string of the molecule is Cc1cc(-c2ccccc2CO)ccc1S(=O)(=O)[C@H]1CN[C@H](C(=O)N(C(=O)C2(C(F)(F)F)CC2)C2(C#N)CC2)C1. The van der Waals surface area contributed by atoms with Gasteiger partial charge in [-0.25, -0.2) is 8.42 Å². The van der Waals surface area contributed by atoms with Gasteiger partial charge >= 0.3 is 6.18 Å². The number of nitrogens with one attached hydrogen (secondary N) is 1. The molecule has 0 spiro atoms. The van der Waals surface area contributed by atoms with Crippen LogP contribution in [0.1, 0.15) is 43.2 Å². The van der Waals surface area contributed by atoms with Crippen molar-refractivity contribution in [2.75, 3.05) is 6.54 Å². The summed E-state index contributed by atoms with van der Waals surface area (Å²) in [5.74, 6) is -2.42. The van der Waals surface area contributed by atoms with Crippen molar-refractivity contribution < 1.29 is 36.3 Å². The van der Waals surface area contributed by atoms with Crippen LogP contribution in [0.15, 0.2) is 47.4 Å². The zero-order valence-electron chi connectivity index (χ0n) is 21.7. The Balaban J connectivity index is 1.38. The van der Waals surface area contributed by atoms with E-state index in [0.29, 0.717) is 16.0 Å². The second-order valence-corrected chi connectivity index (χ2v) is 13.1. The Kier molecular flexibility index (Phi) is 6.84. The molecular formula is C28H28F3N3O5S. The van der Waals surface area contributed by atoms with Gasteiger partial charge in [0.2, 0.25) is 11.8 Å². The molecule has 2 saturated carbocycles. The molecule has 1 heterocycles. The van der Waals surface area contributed by atoms with E-state index in [1.165, 1.54) is 6.07 Å². The molecule has 2 atom stereocenters. The monoisotopic (exact) mass is 575 g/mol. The Morgan fingerprint density at radius 2 is 1.82 bits per heavy atom. The van der Waals surface area contributed by atoms with Gasteiger partial charge in [0.25, 0.3) is 0 Å². The molecule has 1 aliphatic heterocycles. The number of aliphatic hydroxyl groups is 1. The second-order valence-electron chi connectivity index (χ2n) is 10.9. The molecule has 3 fully saturated rings. The zero-order valence-corrected chi connectivity index (χ0v) is 22.5. The van der Waals surface area contributed by atoms with E-state index < -0.39 is 62.9 Å². The molecule has 0 unspecified atom stereocenters. The zero-order chi connectivity index (χ0) is 29.1. The Bertz CT molecular complexity index is 1520. The topological polar surface area (TPSA) is 128 Å². The van der Waals surface area contributed by atoms with Crippen molar-refractivity contribution in [3.05, 3.63) is 53.6 Å². The molecule has 3 aliphatic rings. The van der Waals surface area contributed by atoms with Crippen LogP contribution >= 0.6 is 0 Å². The maximum Gasteiger partial charge on any atom is 0.403 e. The third-order valence-electron chi connectivity index (χ3n) is 8.29. The summed E-state index contributed by atoms with van der Waals surface area (Å²) < 4.78 is 68.4. The van der Waals surface area contributed by atoms with Crippen molar-refractivity contribution in [3.63, 3.8) is 0 Å². The van der Waals surface area contributed by atoms with E-state index in [4.69, 9.17) is 0 Å². The highest BCUT2D eigenvalue weighted by molar-refractivity contribution is 7.92. The summed E-state index contributed by atoms with van der Waals surface area (Å²) in [5.41, 5.74) is -1.69. The first-order valence-electron chi connectivity index (χ1n) is 12.9. The van der Waals surface area contributed by atoms with Gasteiger partial charge in [-0.3, -0.25) is 14.5 Å². The third-order valence-corrected chi connectivity index (χ3v) is 10.6. The van der Waals surface area contributed by atoms with E-state index in [0.717, 1.165) is 11.1 Å². The number of rotatable bonds is 7. The maximum absolute atomic E-state index is 13.7. The number of hydrogen-bond donors (Lipinski definition) is 2. The minimum Gasteiger partial charge on any atom is -0.392 e. The number of hydrogen-bond acceptors (Lipinski definition) is 7. The molecule has 5 rings (SSSR count). The standard InChI is InChI=1S/C28H28F3N3O5S/c1-17-12-18(21-5-3-2-4-19(21)15-35)6-7-23(17)40(38,39)20-13-22(33-14-20)24(36)34(26(16-32)8-9-26)25(37)27(10-11-27)28(29,30)31/h2-7,12,20,22,33,35H,8-11,13-15H2,1H3/t20-,22+/m1/s1. The fraction of sp³-hybridized carbons (Fsp3) is 0.464. The number of sulfone groups is 1. The van der Waals surface area contributed by atoms with Gasteiger partial charge in [0, 0.05) is 6.54 Å². The molecule has 8 nitrogen and oxygen atoms in total. The number of alkyl halides is 3. The number of nitrogens with zero attached hydrogens (tertiary/aromatic N) is 2. The van der Waals surface area contributed by atoms with Crippen LogP contribution in [0.5, 0.6) is 0 Å². The molecule has 40 heavy (non-hydrogen) atoms. The lowest BCUT2D eigenvalue weighted by atomic mass is 9.99. The van der Waals surface area contributed by atoms with Crippen LogP contribution in [0.2, 0.25) is 0 Å². The van der Waals surface area contributed by atoms with Crippen molar-refractivity contribution >= 4 is 21.7 Å². The summed E-state index contributed by atoms with van der Waals surface area (Å²) in [7, 11) is -3.97. The normalized spacial score (nSPS) is 22.8. The van der Waals surface area contributed by atoms with E-state index in [9.17, 15) is 41.5 Å². The first-order chi connectivity index (χ1) is 18.8. The van der Waals surface area contributed by atoms with Gasteiger partial charge in [0.05, 0.1) is 28.9 Å². The molecule has 2 amide bonds. The molecular weight excluding hydrogens is 547 g/mol. The highest BCUT2D eigenvalue weighted by Gasteiger charge is 2.72. The van der Waals surface area contributed by atoms with Crippen molar-refractivity contribution in [1.29, 1.82) is 5.26 Å². The van der Waals surface area contributed by atoms with Crippen molar-refractivity contribution in [1.82, 2.24) is 10.2 Å². The fourth-order valence-corrected chi connectivity index (χ4v) is 7.39. The lowest BCUT2D eigenvalue weighted by molar-refractivity contribution is -0.200. The number of benzene rings is 2. The van der Waals surface area contributed by atoms with Crippen LogP contribution in [-0.4, -0.2) is 59.8 Å². The van der Waals surface area contributed by atoms with Gasteiger partial charge < -0.3 is 10.4 Å². The predicted molar refractivity (Wildman–Crippen MR) is 137 cm³/mol. The molecule has 2 N–H and O–H groups in total. The third kappa shape index (κ3) is 4.50. The summed E-state index contributed by atoms with van der Waals surface area (Å²) >= 11 is 0. The number of imide groups is 1. The minimum atomic E-state index is -4.86. The Morgan fingerprint density at radius 1 is 1.15 bits per heavy atom. The Labute approximate surface area is 229 Å². The fourth-order valence-electron chi connectivity index (χ4n) is 5.51. The Hall–Kier alpha value is -3.27. The second kappa shape index (κ2) is 9.68. The van der Waals surface area contributed by atoms with Crippen LogP contribution in [-0.2, 0) is 26.0 Å². The van der Waals surface area contributed by atoms with Gasteiger partial charge in [-0.15, -0.1) is 0 Å². The maximum atomic E-state index is 13.7. The molecule has 2 aromatic carbocycles. The summed E-state index contributed by atoms with van der Waals surface area (Å²) in [6.45, 7) is 1.31. The first-order valence-corrected chi connectivity index (χ1v) is 14.5. The van der Waals surface area contributed by atoms with Gasteiger partial charge in [-0.05, 0) is 67.3 Å². The smallest absolute Gasteiger partial charge is 0.392 e. The molecule has 0 bridgehead atoms. The van der Waals surface area contributed by atoms with E-state index in [1.54, 1.807) is 31.2 Å². The number of carbonyl (C=O) groups excluding carboxylic acids is 2. The molecule has 12 heteroatoms. The molecule has 2 aliphatic carbocycles. The van der Waals surface area contributed by atoms with E-state index >= 15 is 0 Å². The quantitative estimate of drug-likeness (QED) is 0.485. The largest absolute Gasteiger partial charge is 0.403 e. The lowest BCUT2D eigenvalue weighted by Gasteiger charge is -2.32. The molecule has 0 radical (unpaired) electrons. The van der Waals surface area contributed by atoms with E-state index in [2.05, 4.69) is 5.32 Å². The molecule has 1 saturated heterocycles.